The van der Waals surface area contributed by atoms with Crippen LogP contribution in [-0.2, 0) is 23.0 Å². The SMILES string of the molecule is CNCc1cn[nH]c1S(=O)(=O)Nc1nnc(CC(C)C)s1. The summed E-state index contributed by atoms with van der Waals surface area (Å²) in [7, 11) is -2.00. The van der Waals surface area contributed by atoms with Crippen LogP contribution in [0.15, 0.2) is 11.2 Å². The Hall–Kier alpha value is -1.52. The Morgan fingerprint density at radius 2 is 2.14 bits per heavy atom. The van der Waals surface area contributed by atoms with E-state index >= 15 is 0 Å². The first-order valence-corrected chi connectivity index (χ1v) is 8.74. The van der Waals surface area contributed by atoms with Gasteiger partial charge in [-0.1, -0.05) is 25.2 Å². The molecule has 0 bridgehead atoms. The van der Waals surface area contributed by atoms with Gasteiger partial charge in [0.1, 0.15) is 5.01 Å². The van der Waals surface area contributed by atoms with Gasteiger partial charge in [-0.15, -0.1) is 10.2 Å². The monoisotopic (exact) mass is 330 g/mol. The summed E-state index contributed by atoms with van der Waals surface area (Å²) in [6.45, 7) is 4.54. The van der Waals surface area contributed by atoms with Gasteiger partial charge in [0.05, 0.1) is 6.20 Å². The van der Waals surface area contributed by atoms with Crippen molar-refractivity contribution >= 4 is 26.5 Å². The molecule has 0 aliphatic rings. The Labute approximate surface area is 127 Å². The van der Waals surface area contributed by atoms with Crippen molar-refractivity contribution in [3.8, 4) is 0 Å². The molecule has 10 heteroatoms. The summed E-state index contributed by atoms with van der Waals surface area (Å²) in [4.78, 5) is 0. The molecule has 0 saturated carbocycles. The van der Waals surface area contributed by atoms with E-state index in [1.807, 2.05) is 0 Å². The smallest absolute Gasteiger partial charge is 0.280 e. The van der Waals surface area contributed by atoms with Crippen LogP contribution in [0.3, 0.4) is 0 Å². The average Bonchev–Trinajstić information content (AvgIpc) is 2.98. The maximum absolute atomic E-state index is 12.3. The zero-order valence-corrected chi connectivity index (χ0v) is 13.7. The van der Waals surface area contributed by atoms with Crippen LogP contribution in [-0.4, -0.2) is 35.9 Å². The first-order valence-electron chi connectivity index (χ1n) is 6.44. The van der Waals surface area contributed by atoms with Gasteiger partial charge in [0.25, 0.3) is 10.0 Å². The molecule has 0 aromatic carbocycles. The lowest BCUT2D eigenvalue weighted by atomic mass is 10.1. The summed E-state index contributed by atoms with van der Waals surface area (Å²) in [5, 5.41) is 18.1. The number of anilines is 1. The van der Waals surface area contributed by atoms with Crippen LogP contribution < -0.4 is 10.0 Å². The standard InChI is InChI=1S/C11H18N6O2S2/c1-7(2)4-9-14-16-11(20-9)17-21(18,19)10-8(5-12-3)6-13-15-10/h6-7,12H,4-5H2,1-3H3,(H,13,15)(H,16,17). The Morgan fingerprint density at radius 1 is 1.38 bits per heavy atom. The van der Waals surface area contributed by atoms with Crippen LogP contribution in [0.4, 0.5) is 5.13 Å². The molecular formula is C11H18N6O2S2. The van der Waals surface area contributed by atoms with E-state index in [-0.39, 0.29) is 10.2 Å². The molecule has 3 N–H and O–H groups in total. The van der Waals surface area contributed by atoms with Crippen LogP contribution in [0, 0.1) is 5.92 Å². The number of hydrogen-bond donors (Lipinski definition) is 3. The Balaban J connectivity index is 2.17. The predicted molar refractivity (Wildman–Crippen MR) is 80.6 cm³/mol. The fraction of sp³-hybridized carbons (Fsp3) is 0.545. The van der Waals surface area contributed by atoms with E-state index in [0.717, 1.165) is 11.4 Å². The van der Waals surface area contributed by atoms with Crippen LogP contribution in [0.2, 0.25) is 0 Å². The van der Waals surface area contributed by atoms with Gasteiger partial charge in [-0.25, -0.2) is 0 Å². The third-order valence-corrected chi connectivity index (χ3v) is 4.93. The molecule has 0 aliphatic carbocycles. The summed E-state index contributed by atoms with van der Waals surface area (Å²) >= 11 is 1.24. The van der Waals surface area contributed by atoms with Crippen LogP contribution in [0.5, 0.6) is 0 Å². The second kappa shape index (κ2) is 6.50. The quantitative estimate of drug-likeness (QED) is 0.697. The zero-order valence-electron chi connectivity index (χ0n) is 12.0. The van der Waals surface area contributed by atoms with E-state index in [1.54, 1.807) is 7.05 Å². The molecule has 0 aliphatic heterocycles. The molecule has 0 saturated heterocycles. The Bertz CT molecular complexity index is 691. The molecule has 0 radical (unpaired) electrons. The lowest BCUT2D eigenvalue weighted by Gasteiger charge is -2.04. The van der Waals surface area contributed by atoms with Gasteiger partial charge in [-0.05, 0) is 13.0 Å². The number of H-pyrrole nitrogens is 1. The van der Waals surface area contributed by atoms with Crippen molar-refractivity contribution in [3.05, 3.63) is 16.8 Å². The molecule has 8 nitrogen and oxygen atoms in total. The van der Waals surface area contributed by atoms with E-state index < -0.39 is 10.0 Å². The van der Waals surface area contributed by atoms with Crippen molar-refractivity contribution in [2.75, 3.05) is 11.8 Å². The maximum Gasteiger partial charge on any atom is 0.280 e. The number of nitrogens with one attached hydrogen (secondary N) is 3. The topological polar surface area (TPSA) is 113 Å². The van der Waals surface area contributed by atoms with Gasteiger partial charge in [0.2, 0.25) is 5.13 Å². The third kappa shape index (κ3) is 3.99. The number of rotatable bonds is 7. The highest BCUT2D eigenvalue weighted by molar-refractivity contribution is 7.92. The highest BCUT2D eigenvalue weighted by Gasteiger charge is 2.22. The van der Waals surface area contributed by atoms with Gasteiger partial charge in [-0.2, -0.15) is 13.5 Å². The maximum atomic E-state index is 12.3. The molecule has 0 spiro atoms. The molecule has 0 amide bonds. The van der Waals surface area contributed by atoms with Crippen molar-refractivity contribution in [2.24, 2.45) is 5.92 Å². The molecule has 0 unspecified atom stereocenters. The Kier molecular flexibility index (Phi) is 4.91. The second-order valence-electron chi connectivity index (χ2n) is 4.96. The van der Waals surface area contributed by atoms with E-state index in [1.165, 1.54) is 17.5 Å². The van der Waals surface area contributed by atoms with Gasteiger partial charge >= 0.3 is 0 Å². The van der Waals surface area contributed by atoms with Crippen molar-refractivity contribution in [1.29, 1.82) is 0 Å². The van der Waals surface area contributed by atoms with Crippen molar-refractivity contribution in [2.45, 2.75) is 31.8 Å². The molecule has 0 fully saturated rings. The predicted octanol–water partition coefficient (Wildman–Crippen LogP) is 0.980. The minimum Gasteiger partial charge on any atom is -0.316 e. The largest absolute Gasteiger partial charge is 0.316 e. The molecule has 116 valence electrons. The summed E-state index contributed by atoms with van der Waals surface area (Å²) in [6.07, 6.45) is 2.25. The van der Waals surface area contributed by atoms with E-state index in [4.69, 9.17) is 0 Å². The molecular weight excluding hydrogens is 312 g/mol. The minimum atomic E-state index is -3.74. The van der Waals surface area contributed by atoms with E-state index in [0.29, 0.717) is 18.0 Å². The van der Waals surface area contributed by atoms with Gasteiger partial charge in [0, 0.05) is 18.5 Å². The lowest BCUT2D eigenvalue weighted by Crippen LogP contribution is -2.17. The van der Waals surface area contributed by atoms with E-state index in [9.17, 15) is 8.42 Å². The van der Waals surface area contributed by atoms with Crippen LogP contribution in [0.25, 0.3) is 0 Å². The zero-order chi connectivity index (χ0) is 15.5. The normalized spacial score (nSPS) is 12.0. The van der Waals surface area contributed by atoms with Gasteiger partial charge in [0.15, 0.2) is 5.03 Å². The Morgan fingerprint density at radius 3 is 2.81 bits per heavy atom. The second-order valence-corrected chi connectivity index (χ2v) is 7.64. The molecule has 21 heavy (non-hydrogen) atoms. The van der Waals surface area contributed by atoms with Crippen molar-refractivity contribution in [1.82, 2.24) is 25.7 Å². The van der Waals surface area contributed by atoms with Gasteiger partial charge in [-0.3, -0.25) is 9.82 Å². The number of aromatic amines is 1. The summed E-state index contributed by atoms with van der Waals surface area (Å²) in [5.74, 6) is 0.442. The first kappa shape index (κ1) is 15.9. The van der Waals surface area contributed by atoms with E-state index in [2.05, 4.69) is 44.3 Å². The lowest BCUT2D eigenvalue weighted by molar-refractivity contribution is 0.595. The van der Waals surface area contributed by atoms with Crippen LogP contribution in [0.1, 0.15) is 24.4 Å². The fourth-order valence-electron chi connectivity index (χ4n) is 1.74. The highest BCUT2D eigenvalue weighted by atomic mass is 32.2. The molecule has 2 aromatic rings. The average molecular weight is 330 g/mol. The molecule has 0 atom stereocenters. The summed E-state index contributed by atoms with van der Waals surface area (Å²) < 4.78 is 27.1. The number of sulfonamides is 1. The van der Waals surface area contributed by atoms with Gasteiger partial charge < -0.3 is 5.32 Å². The number of hydrogen-bond acceptors (Lipinski definition) is 7. The molecule has 2 rings (SSSR count). The fourth-order valence-corrected chi connectivity index (χ4v) is 4.06. The van der Waals surface area contributed by atoms with Crippen LogP contribution >= 0.6 is 11.3 Å². The summed E-state index contributed by atoms with van der Waals surface area (Å²) in [6, 6.07) is 0. The first-order chi connectivity index (χ1) is 9.92. The number of nitrogens with zero attached hydrogens (tertiary/aromatic N) is 3. The highest BCUT2D eigenvalue weighted by Crippen LogP contribution is 2.22. The number of aromatic nitrogens is 4. The summed E-state index contributed by atoms with van der Waals surface area (Å²) in [5.41, 5.74) is 0.567. The minimum absolute atomic E-state index is 0.0393. The van der Waals surface area contributed by atoms with Crippen molar-refractivity contribution in [3.63, 3.8) is 0 Å². The van der Waals surface area contributed by atoms with Crippen molar-refractivity contribution < 1.29 is 8.42 Å². The molecule has 2 heterocycles. The molecule has 2 aromatic heterocycles. The third-order valence-electron chi connectivity index (χ3n) is 2.59.